The zero-order chi connectivity index (χ0) is 25.0. The number of nitriles is 1. The van der Waals surface area contributed by atoms with Gasteiger partial charge >= 0.3 is 0 Å². The first kappa shape index (κ1) is 23.6. The Morgan fingerprint density at radius 1 is 1.17 bits per heavy atom. The van der Waals surface area contributed by atoms with Gasteiger partial charge in [-0.1, -0.05) is 54.1 Å². The number of hydrogen-bond donors (Lipinski definition) is 2. The lowest BCUT2D eigenvalue weighted by Gasteiger charge is -2.41. The predicted octanol–water partition coefficient (Wildman–Crippen LogP) is 3.43. The predicted molar refractivity (Wildman–Crippen MR) is 130 cm³/mol. The van der Waals surface area contributed by atoms with Crippen molar-refractivity contribution >= 4 is 11.6 Å². The number of hydrogen-bond acceptors (Lipinski definition) is 7. The van der Waals surface area contributed by atoms with Crippen molar-refractivity contribution in [1.29, 1.82) is 5.26 Å². The molecule has 1 fully saturated rings. The average Bonchev–Trinajstić information content (AvgIpc) is 3.22. The van der Waals surface area contributed by atoms with Crippen LogP contribution in [0.3, 0.4) is 0 Å². The van der Waals surface area contributed by atoms with Gasteiger partial charge in [-0.15, -0.1) is 0 Å². The fourth-order valence-corrected chi connectivity index (χ4v) is 6.09. The van der Waals surface area contributed by atoms with E-state index in [1.807, 2.05) is 67.5 Å². The second-order valence-electron chi connectivity index (χ2n) is 9.37. The fraction of sp³-hybridized carbons (Fsp3) is 0.333. The first-order valence-corrected chi connectivity index (χ1v) is 11.7. The summed E-state index contributed by atoms with van der Waals surface area (Å²) in [5.41, 5.74) is -1.48. The van der Waals surface area contributed by atoms with Gasteiger partial charge in [-0.3, -0.25) is 0 Å². The molecular weight excluding hydrogens is 466 g/mol. The van der Waals surface area contributed by atoms with Gasteiger partial charge in [0, 0.05) is 29.5 Å². The summed E-state index contributed by atoms with van der Waals surface area (Å²) in [6.07, 6.45) is -1.24. The maximum absolute atomic E-state index is 12.7. The van der Waals surface area contributed by atoms with E-state index in [1.54, 1.807) is 12.1 Å². The highest BCUT2D eigenvalue weighted by Gasteiger charge is 2.76. The van der Waals surface area contributed by atoms with Crippen LogP contribution in [0.15, 0.2) is 60.7 Å². The average molecular weight is 492 g/mol. The van der Waals surface area contributed by atoms with Gasteiger partial charge < -0.3 is 24.6 Å². The lowest BCUT2D eigenvalue weighted by Crippen LogP contribution is -2.52. The number of pyridine rings is 1. The van der Waals surface area contributed by atoms with Crippen molar-refractivity contribution in [2.24, 2.45) is 5.92 Å². The molecule has 1 aliphatic carbocycles. The Morgan fingerprint density at radius 3 is 2.46 bits per heavy atom. The van der Waals surface area contributed by atoms with Crippen LogP contribution in [-0.4, -0.2) is 54.0 Å². The number of methoxy groups -OCH3 is 1. The van der Waals surface area contributed by atoms with Crippen molar-refractivity contribution in [2.75, 3.05) is 27.7 Å². The molecule has 5 rings (SSSR count). The monoisotopic (exact) mass is 491 g/mol. The number of ether oxygens (including phenoxy) is 2. The number of aliphatic hydroxyl groups excluding tert-OH is 1. The van der Waals surface area contributed by atoms with Crippen LogP contribution in [0, 0.1) is 17.2 Å². The largest absolute Gasteiger partial charge is 0.481 e. The number of aromatic nitrogens is 1. The molecule has 1 aromatic heterocycles. The molecule has 8 heteroatoms. The summed E-state index contributed by atoms with van der Waals surface area (Å²) in [5, 5.41) is 34.7. The Kier molecular flexibility index (Phi) is 5.73. The Labute approximate surface area is 209 Å². The highest BCUT2D eigenvalue weighted by atomic mass is 35.5. The first-order chi connectivity index (χ1) is 16.8. The lowest BCUT2D eigenvalue weighted by molar-refractivity contribution is -0.152. The Bertz CT molecular complexity index is 1290. The van der Waals surface area contributed by atoms with E-state index in [2.05, 4.69) is 4.98 Å². The summed E-state index contributed by atoms with van der Waals surface area (Å²) < 4.78 is 12.3. The van der Waals surface area contributed by atoms with E-state index in [4.69, 9.17) is 21.1 Å². The number of rotatable bonds is 5. The van der Waals surface area contributed by atoms with Crippen molar-refractivity contribution in [3.63, 3.8) is 0 Å². The first-order valence-electron chi connectivity index (χ1n) is 11.3. The van der Waals surface area contributed by atoms with E-state index in [-0.39, 0.29) is 22.9 Å². The Hall–Kier alpha value is -3.15. The minimum Gasteiger partial charge on any atom is -0.481 e. The van der Waals surface area contributed by atoms with Gasteiger partial charge in [0.25, 0.3) is 0 Å². The van der Waals surface area contributed by atoms with Crippen LogP contribution in [0.25, 0.3) is 0 Å². The van der Waals surface area contributed by atoms with E-state index in [9.17, 15) is 15.5 Å². The summed E-state index contributed by atoms with van der Waals surface area (Å²) in [4.78, 5) is 6.26. The van der Waals surface area contributed by atoms with Crippen LogP contribution in [-0.2, 0) is 11.2 Å². The van der Waals surface area contributed by atoms with Crippen LogP contribution in [0.5, 0.6) is 11.6 Å². The highest BCUT2D eigenvalue weighted by Crippen LogP contribution is 2.69. The summed E-state index contributed by atoms with van der Waals surface area (Å²) in [5.74, 6) is -0.570. The van der Waals surface area contributed by atoms with Crippen LogP contribution < -0.4 is 9.47 Å². The van der Waals surface area contributed by atoms with Gasteiger partial charge in [-0.25, -0.2) is 4.98 Å². The highest BCUT2D eigenvalue weighted by molar-refractivity contribution is 6.30. The SMILES string of the molecule is COc1nc(C#N)cc2c1[C@]1(O)[C@H](O)[C@H](CN(C)C)[C@@H](c3ccccc3)[C@]1(c1ccc(Cl)cc1)O2. The molecular formula is C27H26ClN3O4. The van der Waals surface area contributed by atoms with Gasteiger partial charge in [0.15, 0.2) is 11.2 Å². The van der Waals surface area contributed by atoms with E-state index in [1.165, 1.54) is 13.2 Å². The zero-order valence-electron chi connectivity index (χ0n) is 19.6. The molecule has 2 aliphatic rings. The quantitative estimate of drug-likeness (QED) is 0.564. The normalized spacial score (nSPS) is 28.8. The molecule has 1 saturated carbocycles. The van der Waals surface area contributed by atoms with Gasteiger partial charge in [0.05, 0.1) is 18.8 Å². The number of halogens is 1. The number of benzene rings is 2. The van der Waals surface area contributed by atoms with Crippen molar-refractivity contribution < 1.29 is 19.7 Å². The molecule has 0 unspecified atom stereocenters. The molecule has 0 radical (unpaired) electrons. The summed E-state index contributed by atoms with van der Waals surface area (Å²) in [6.45, 7) is 0.489. The van der Waals surface area contributed by atoms with Crippen molar-refractivity contribution in [3.8, 4) is 17.7 Å². The van der Waals surface area contributed by atoms with Gasteiger partial charge in [0.2, 0.25) is 5.88 Å². The van der Waals surface area contributed by atoms with E-state index in [0.717, 1.165) is 5.56 Å². The number of nitrogens with zero attached hydrogens (tertiary/aromatic N) is 3. The molecule has 0 bridgehead atoms. The third-order valence-electron chi connectivity index (χ3n) is 7.18. The summed E-state index contributed by atoms with van der Waals surface area (Å²) in [6, 6.07) is 20.3. The summed E-state index contributed by atoms with van der Waals surface area (Å²) >= 11 is 6.22. The molecule has 1 aliphatic heterocycles. The van der Waals surface area contributed by atoms with E-state index >= 15 is 0 Å². The maximum atomic E-state index is 12.7. The van der Waals surface area contributed by atoms with Crippen molar-refractivity contribution in [2.45, 2.75) is 23.2 Å². The Morgan fingerprint density at radius 2 is 1.86 bits per heavy atom. The lowest BCUT2D eigenvalue weighted by atomic mass is 9.71. The second kappa shape index (κ2) is 8.51. The number of aliphatic hydroxyl groups is 2. The molecule has 2 heterocycles. The minimum atomic E-state index is -1.93. The van der Waals surface area contributed by atoms with E-state index < -0.39 is 29.1 Å². The van der Waals surface area contributed by atoms with Crippen molar-refractivity contribution in [1.82, 2.24) is 9.88 Å². The fourth-order valence-electron chi connectivity index (χ4n) is 5.96. The topological polar surface area (TPSA) is 98.8 Å². The van der Waals surface area contributed by atoms with Crippen LogP contribution in [0.4, 0.5) is 0 Å². The zero-order valence-corrected chi connectivity index (χ0v) is 20.4. The molecule has 2 aromatic carbocycles. The molecule has 7 nitrogen and oxygen atoms in total. The smallest absolute Gasteiger partial charge is 0.224 e. The number of fused-ring (bicyclic) bond motifs is 3. The molecule has 3 aromatic rings. The summed E-state index contributed by atoms with van der Waals surface area (Å²) in [7, 11) is 5.28. The van der Waals surface area contributed by atoms with Gasteiger partial charge in [0.1, 0.15) is 17.5 Å². The molecule has 0 amide bonds. The molecule has 0 spiro atoms. The van der Waals surface area contributed by atoms with Crippen molar-refractivity contribution in [3.05, 3.63) is 88.1 Å². The second-order valence-corrected chi connectivity index (χ2v) is 9.81. The van der Waals surface area contributed by atoms with Crippen LogP contribution in [0.1, 0.15) is 28.3 Å². The molecule has 35 heavy (non-hydrogen) atoms. The molecule has 180 valence electrons. The standard InChI is InChI=1S/C27H26ClN3O4/c1-31(2)15-20-22(16-7-5-4-6-8-16)27(17-9-11-18(28)12-10-17)26(33,24(20)32)23-21(35-27)13-19(14-29)30-25(23)34-3/h4-13,20,22,24,32-33H,15H2,1-3H3/t20-,22-,24-,26+,27+/m1/s1. The minimum absolute atomic E-state index is 0.0498. The molecule has 2 N–H and O–H groups in total. The maximum Gasteiger partial charge on any atom is 0.224 e. The van der Waals surface area contributed by atoms with Crippen LogP contribution >= 0.6 is 11.6 Å². The third kappa shape index (κ3) is 3.25. The third-order valence-corrected chi connectivity index (χ3v) is 7.44. The Balaban J connectivity index is 1.87. The van der Waals surface area contributed by atoms with Gasteiger partial charge in [-0.05, 0) is 37.4 Å². The van der Waals surface area contributed by atoms with Crippen LogP contribution in [0.2, 0.25) is 5.02 Å². The molecule has 0 saturated heterocycles. The van der Waals surface area contributed by atoms with Gasteiger partial charge in [-0.2, -0.15) is 5.26 Å². The van der Waals surface area contributed by atoms with E-state index in [0.29, 0.717) is 17.1 Å². The molecule has 5 atom stereocenters.